The van der Waals surface area contributed by atoms with Crippen molar-refractivity contribution in [3.8, 4) is 0 Å². The highest BCUT2D eigenvalue weighted by Gasteiger charge is 2.37. The second-order valence-electron chi connectivity index (χ2n) is 7.51. The summed E-state index contributed by atoms with van der Waals surface area (Å²) in [5.74, 6) is 0. The van der Waals surface area contributed by atoms with Crippen molar-refractivity contribution in [2.45, 2.75) is 44.2 Å². The lowest BCUT2D eigenvalue weighted by Crippen LogP contribution is -2.50. The van der Waals surface area contributed by atoms with Crippen LogP contribution >= 0.6 is 0 Å². The molecule has 2 aliphatic rings. The molecule has 0 N–H and O–H groups in total. The fourth-order valence-electron chi connectivity index (χ4n) is 3.98. The van der Waals surface area contributed by atoms with Gasteiger partial charge in [0.25, 0.3) is 0 Å². The molecule has 6 nitrogen and oxygen atoms in total. The third kappa shape index (κ3) is 3.40. The van der Waals surface area contributed by atoms with Gasteiger partial charge in [0.1, 0.15) is 6.61 Å². The number of fused-ring (bicyclic) bond motifs is 1. The number of ether oxygens (including phenoxy) is 1. The topological polar surface area (TPSA) is 66.9 Å². The quantitative estimate of drug-likeness (QED) is 0.789. The number of rotatable bonds is 3. The highest BCUT2D eigenvalue weighted by molar-refractivity contribution is 7.89. The van der Waals surface area contributed by atoms with Gasteiger partial charge >= 0.3 is 6.09 Å². The third-order valence-electron chi connectivity index (χ3n) is 5.46. The number of carbonyl (C=O) groups excluding carboxylic acids is 1. The smallest absolute Gasteiger partial charge is 0.414 e. The van der Waals surface area contributed by atoms with Gasteiger partial charge in [-0.1, -0.05) is 29.8 Å². The molecule has 0 bridgehead atoms. The first-order valence-corrected chi connectivity index (χ1v) is 10.9. The van der Waals surface area contributed by atoms with Crippen LogP contribution in [0.2, 0.25) is 0 Å². The third-order valence-corrected chi connectivity index (χ3v) is 7.35. The molecule has 148 valence electrons. The van der Waals surface area contributed by atoms with Crippen LogP contribution in [0, 0.1) is 13.8 Å². The Morgan fingerprint density at radius 2 is 1.71 bits per heavy atom. The Balaban J connectivity index is 1.53. The minimum absolute atomic E-state index is 0.0711. The normalized spacial score (nSPS) is 18.6. The van der Waals surface area contributed by atoms with Crippen LogP contribution in [0.1, 0.15) is 29.5 Å². The molecule has 1 fully saturated rings. The Bertz CT molecular complexity index is 1010. The molecule has 0 radical (unpaired) electrons. The van der Waals surface area contributed by atoms with Crippen LogP contribution in [-0.4, -0.2) is 37.9 Å². The van der Waals surface area contributed by atoms with Gasteiger partial charge < -0.3 is 4.74 Å². The number of sulfonamides is 1. The summed E-state index contributed by atoms with van der Waals surface area (Å²) in [4.78, 5) is 14.5. The molecule has 0 aromatic heterocycles. The molecule has 0 unspecified atom stereocenters. The van der Waals surface area contributed by atoms with Crippen LogP contribution < -0.4 is 4.90 Å². The lowest BCUT2D eigenvalue weighted by Gasteiger charge is -2.39. The zero-order chi connectivity index (χ0) is 19.9. The van der Waals surface area contributed by atoms with E-state index in [4.69, 9.17) is 4.74 Å². The molecule has 2 aromatic carbocycles. The molecule has 1 amide bonds. The maximum absolute atomic E-state index is 12.9. The summed E-state index contributed by atoms with van der Waals surface area (Å²) in [6, 6.07) is 12.9. The van der Waals surface area contributed by atoms with E-state index >= 15 is 0 Å². The van der Waals surface area contributed by atoms with Gasteiger partial charge in [0.15, 0.2) is 0 Å². The van der Waals surface area contributed by atoms with Crippen LogP contribution in [0.4, 0.5) is 10.5 Å². The SMILES string of the molecule is Cc1cccc(S(=O)(=O)N2CCC(N3C(=O)OCc4cc(C)ccc43)CC2)c1. The standard InChI is InChI=1S/C21H24N2O4S/c1-15-4-3-5-19(13-15)28(25,26)22-10-8-18(9-11-22)23-20-7-6-16(2)12-17(20)14-27-21(23)24/h3-7,12-13,18H,8-11,14H2,1-2H3. The van der Waals surface area contributed by atoms with Crippen molar-refractivity contribution in [2.75, 3.05) is 18.0 Å². The first kappa shape index (κ1) is 19.0. The average Bonchev–Trinajstić information content (AvgIpc) is 2.68. The number of anilines is 1. The monoisotopic (exact) mass is 400 g/mol. The molecule has 2 aromatic rings. The molecular weight excluding hydrogens is 376 g/mol. The molecule has 28 heavy (non-hydrogen) atoms. The van der Waals surface area contributed by atoms with Crippen molar-refractivity contribution in [1.29, 1.82) is 0 Å². The number of benzene rings is 2. The molecule has 7 heteroatoms. The maximum atomic E-state index is 12.9. The molecule has 0 saturated carbocycles. The van der Waals surface area contributed by atoms with Crippen molar-refractivity contribution >= 4 is 21.8 Å². The van der Waals surface area contributed by atoms with E-state index in [-0.39, 0.29) is 18.7 Å². The fourth-order valence-corrected chi connectivity index (χ4v) is 5.56. The van der Waals surface area contributed by atoms with Crippen molar-refractivity contribution in [1.82, 2.24) is 4.31 Å². The van der Waals surface area contributed by atoms with E-state index in [0.717, 1.165) is 22.4 Å². The first-order valence-electron chi connectivity index (χ1n) is 9.48. The lowest BCUT2D eigenvalue weighted by molar-refractivity contribution is 0.135. The van der Waals surface area contributed by atoms with Crippen LogP contribution in [0.15, 0.2) is 47.4 Å². The van der Waals surface area contributed by atoms with Gasteiger partial charge in [-0.2, -0.15) is 4.31 Å². The van der Waals surface area contributed by atoms with Gasteiger partial charge in [-0.3, -0.25) is 4.90 Å². The summed E-state index contributed by atoms with van der Waals surface area (Å²) in [6.45, 7) is 4.94. The van der Waals surface area contributed by atoms with Gasteiger partial charge in [0.2, 0.25) is 10.0 Å². The van der Waals surface area contributed by atoms with Crippen molar-refractivity contribution < 1.29 is 17.9 Å². The molecule has 2 heterocycles. The molecule has 4 rings (SSSR count). The first-order chi connectivity index (χ1) is 13.4. The van der Waals surface area contributed by atoms with E-state index in [0.29, 0.717) is 30.8 Å². The molecule has 2 aliphatic heterocycles. The minimum atomic E-state index is -3.52. The predicted molar refractivity (Wildman–Crippen MR) is 107 cm³/mol. The number of nitrogens with zero attached hydrogens (tertiary/aromatic N) is 2. The number of cyclic esters (lactones) is 1. The molecule has 1 saturated heterocycles. The predicted octanol–water partition coefficient (Wildman–Crippen LogP) is 3.61. The Labute approximate surface area is 165 Å². The van der Waals surface area contributed by atoms with Crippen LogP contribution in [0.25, 0.3) is 0 Å². The van der Waals surface area contributed by atoms with Crippen molar-refractivity contribution in [2.24, 2.45) is 0 Å². The Morgan fingerprint density at radius 3 is 2.43 bits per heavy atom. The van der Waals surface area contributed by atoms with Gasteiger partial charge in [-0.25, -0.2) is 13.2 Å². The van der Waals surface area contributed by atoms with Gasteiger partial charge in [-0.05, 0) is 50.5 Å². The Hall–Kier alpha value is -2.38. The van der Waals surface area contributed by atoms with Gasteiger partial charge in [0.05, 0.1) is 10.6 Å². The van der Waals surface area contributed by atoms with E-state index < -0.39 is 10.0 Å². The number of hydrogen-bond acceptors (Lipinski definition) is 4. The second kappa shape index (κ2) is 7.22. The molecule has 0 atom stereocenters. The summed E-state index contributed by atoms with van der Waals surface area (Å²) >= 11 is 0. The summed E-state index contributed by atoms with van der Waals surface area (Å²) < 4.78 is 32.8. The van der Waals surface area contributed by atoms with Gasteiger partial charge in [-0.15, -0.1) is 0 Å². The average molecular weight is 401 g/mol. The number of carbonyl (C=O) groups is 1. The summed E-state index contributed by atoms with van der Waals surface area (Å²) in [6.07, 6.45) is 0.803. The van der Waals surface area contributed by atoms with E-state index in [9.17, 15) is 13.2 Å². The van der Waals surface area contributed by atoms with Crippen LogP contribution in [-0.2, 0) is 21.4 Å². The fraction of sp³-hybridized carbons (Fsp3) is 0.381. The van der Waals surface area contributed by atoms with Crippen LogP contribution in [0.5, 0.6) is 0 Å². The van der Waals surface area contributed by atoms with E-state index in [1.54, 1.807) is 23.1 Å². The highest BCUT2D eigenvalue weighted by atomic mass is 32.2. The zero-order valence-electron chi connectivity index (χ0n) is 16.1. The van der Waals surface area contributed by atoms with E-state index in [1.165, 1.54) is 4.31 Å². The molecule has 0 aliphatic carbocycles. The second-order valence-corrected chi connectivity index (χ2v) is 9.45. The summed E-state index contributed by atoms with van der Waals surface area (Å²) in [5, 5.41) is 0. The van der Waals surface area contributed by atoms with Crippen molar-refractivity contribution in [3.63, 3.8) is 0 Å². The largest absolute Gasteiger partial charge is 0.444 e. The zero-order valence-corrected chi connectivity index (χ0v) is 16.9. The van der Waals surface area contributed by atoms with E-state index in [2.05, 4.69) is 0 Å². The summed E-state index contributed by atoms with van der Waals surface area (Å²) in [7, 11) is -3.52. The maximum Gasteiger partial charge on any atom is 0.414 e. The number of aryl methyl sites for hydroxylation is 2. The summed E-state index contributed by atoms with van der Waals surface area (Å²) in [5.41, 5.74) is 3.91. The molecule has 0 spiro atoms. The molecular formula is C21H24N2O4S. The minimum Gasteiger partial charge on any atom is -0.444 e. The number of amides is 1. The number of piperidine rings is 1. The van der Waals surface area contributed by atoms with E-state index in [1.807, 2.05) is 38.1 Å². The lowest BCUT2D eigenvalue weighted by atomic mass is 10.0. The van der Waals surface area contributed by atoms with Crippen molar-refractivity contribution in [3.05, 3.63) is 59.2 Å². The highest BCUT2D eigenvalue weighted by Crippen LogP contribution is 2.33. The Morgan fingerprint density at radius 1 is 1.00 bits per heavy atom. The Kier molecular flexibility index (Phi) is 4.89. The van der Waals surface area contributed by atoms with Crippen LogP contribution in [0.3, 0.4) is 0 Å². The number of hydrogen-bond donors (Lipinski definition) is 0. The van der Waals surface area contributed by atoms with Gasteiger partial charge in [0, 0.05) is 24.7 Å².